The van der Waals surface area contributed by atoms with Crippen molar-refractivity contribution in [3.05, 3.63) is 64.0 Å². The Kier molecular flexibility index (Phi) is 5.46. The number of benzene rings is 2. The lowest BCUT2D eigenvalue weighted by molar-refractivity contribution is 0.0996. The second-order valence-corrected chi connectivity index (χ2v) is 7.00. The largest absolute Gasteiger partial charge is 0.380 e. The van der Waals surface area contributed by atoms with Crippen molar-refractivity contribution in [2.45, 2.75) is 27.3 Å². The molecule has 4 nitrogen and oxygen atoms in total. The van der Waals surface area contributed by atoms with Gasteiger partial charge in [-0.3, -0.25) is 4.79 Å². The van der Waals surface area contributed by atoms with E-state index in [0.717, 1.165) is 15.8 Å². The Morgan fingerprint density at radius 1 is 1.16 bits per heavy atom. The van der Waals surface area contributed by atoms with Crippen LogP contribution in [-0.4, -0.2) is 23.7 Å². The first-order valence-corrected chi connectivity index (χ1v) is 9.23. The fourth-order valence-electron chi connectivity index (χ4n) is 2.71. The molecule has 5 heteroatoms. The van der Waals surface area contributed by atoms with Crippen molar-refractivity contribution >= 4 is 27.5 Å². The second-order valence-electron chi connectivity index (χ2n) is 5.99. The molecule has 1 aromatic heterocycles. The quantitative estimate of drug-likeness (QED) is 0.648. The number of carbonyl (C=O) groups is 1. The van der Waals surface area contributed by atoms with Gasteiger partial charge in [0.1, 0.15) is 0 Å². The fourth-order valence-corrected chi connectivity index (χ4v) is 3.86. The predicted octanol–water partition coefficient (Wildman–Crippen LogP) is 4.10. The summed E-state index contributed by atoms with van der Waals surface area (Å²) in [4.78, 5) is 17.7. The van der Waals surface area contributed by atoms with Gasteiger partial charge in [-0.1, -0.05) is 35.1 Å². The summed E-state index contributed by atoms with van der Waals surface area (Å²) >= 11 is 1.54. The maximum Gasteiger partial charge on any atom is 0.279 e. The summed E-state index contributed by atoms with van der Waals surface area (Å²) in [7, 11) is 0. The Balaban J connectivity index is 2.06. The summed E-state index contributed by atoms with van der Waals surface area (Å²) in [6, 6.07) is 13.8. The molecule has 0 saturated heterocycles. The molecule has 0 unspecified atom stereocenters. The Labute approximate surface area is 151 Å². The van der Waals surface area contributed by atoms with Crippen molar-refractivity contribution in [3.8, 4) is 0 Å². The molecular formula is C20H22N2O2S. The Morgan fingerprint density at radius 2 is 1.96 bits per heavy atom. The van der Waals surface area contributed by atoms with Crippen molar-refractivity contribution < 1.29 is 9.53 Å². The van der Waals surface area contributed by atoms with Gasteiger partial charge < -0.3 is 9.30 Å². The maximum atomic E-state index is 12.6. The normalized spacial score (nSPS) is 12.0. The number of carbonyl (C=O) groups excluding carboxylic acids is 1. The molecule has 0 radical (unpaired) electrons. The number of hydrogen-bond donors (Lipinski definition) is 0. The molecule has 0 aliphatic heterocycles. The minimum absolute atomic E-state index is 0.211. The Hall–Kier alpha value is -2.24. The molecule has 130 valence electrons. The Bertz CT molecular complexity index is 969. The zero-order chi connectivity index (χ0) is 17.8. The molecule has 0 aliphatic rings. The van der Waals surface area contributed by atoms with Gasteiger partial charge in [-0.05, 0) is 50.6 Å². The van der Waals surface area contributed by atoms with E-state index in [0.29, 0.717) is 30.1 Å². The van der Waals surface area contributed by atoms with E-state index in [2.05, 4.69) is 34.7 Å². The molecule has 1 heterocycles. The minimum atomic E-state index is -0.211. The smallest absolute Gasteiger partial charge is 0.279 e. The third-order valence-corrected chi connectivity index (χ3v) is 5.00. The van der Waals surface area contributed by atoms with Crippen LogP contribution in [0.1, 0.15) is 28.4 Å². The summed E-state index contributed by atoms with van der Waals surface area (Å²) in [5.74, 6) is -0.211. The van der Waals surface area contributed by atoms with E-state index < -0.39 is 0 Å². The molecule has 2 aromatic carbocycles. The van der Waals surface area contributed by atoms with Gasteiger partial charge in [0.05, 0.1) is 16.8 Å². The van der Waals surface area contributed by atoms with Crippen LogP contribution in [0.3, 0.4) is 0 Å². The molecular weight excluding hydrogens is 332 g/mol. The molecule has 0 spiro atoms. The molecule has 0 aliphatic carbocycles. The number of thiazole rings is 1. The second kappa shape index (κ2) is 7.76. The average Bonchev–Trinajstić information content (AvgIpc) is 2.91. The van der Waals surface area contributed by atoms with Gasteiger partial charge in [-0.25, -0.2) is 0 Å². The molecule has 0 atom stereocenters. The summed E-state index contributed by atoms with van der Waals surface area (Å²) in [6.45, 7) is 7.97. The lowest BCUT2D eigenvalue weighted by Crippen LogP contribution is -2.19. The monoisotopic (exact) mass is 354 g/mol. The van der Waals surface area contributed by atoms with Crippen molar-refractivity contribution in [2.24, 2.45) is 4.99 Å². The molecule has 0 N–H and O–H groups in total. The first-order valence-electron chi connectivity index (χ1n) is 8.42. The standard InChI is InChI=1S/C20H22N2O2S/c1-4-24-11-10-22-17-9-8-15(3)13-18(17)25-20(22)21-19(23)16-7-5-6-14(2)12-16/h5-9,12-13H,4,10-11H2,1-3H3. The number of aryl methyl sites for hydroxylation is 2. The molecule has 0 saturated carbocycles. The molecule has 0 fully saturated rings. The highest BCUT2D eigenvalue weighted by Crippen LogP contribution is 2.19. The van der Waals surface area contributed by atoms with Crippen LogP contribution in [0.5, 0.6) is 0 Å². The lowest BCUT2D eigenvalue weighted by Gasteiger charge is -2.05. The van der Waals surface area contributed by atoms with Gasteiger partial charge in [-0.15, -0.1) is 0 Å². The van der Waals surface area contributed by atoms with Crippen molar-refractivity contribution in [2.75, 3.05) is 13.2 Å². The van der Waals surface area contributed by atoms with E-state index in [9.17, 15) is 4.79 Å². The van der Waals surface area contributed by atoms with Crippen LogP contribution in [-0.2, 0) is 11.3 Å². The zero-order valence-corrected chi connectivity index (χ0v) is 15.6. The van der Waals surface area contributed by atoms with Gasteiger partial charge in [0, 0.05) is 18.7 Å². The lowest BCUT2D eigenvalue weighted by atomic mass is 10.1. The van der Waals surface area contributed by atoms with Gasteiger partial charge in [0.25, 0.3) is 5.91 Å². The van der Waals surface area contributed by atoms with Crippen LogP contribution in [0, 0.1) is 13.8 Å². The Morgan fingerprint density at radius 3 is 2.72 bits per heavy atom. The minimum Gasteiger partial charge on any atom is -0.380 e. The summed E-state index contributed by atoms with van der Waals surface area (Å²) < 4.78 is 8.70. The van der Waals surface area contributed by atoms with Gasteiger partial charge >= 0.3 is 0 Å². The first-order chi connectivity index (χ1) is 12.1. The van der Waals surface area contributed by atoms with Crippen LogP contribution in [0.25, 0.3) is 10.2 Å². The number of fused-ring (bicyclic) bond motifs is 1. The SMILES string of the molecule is CCOCCn1c(=NC(=O)c2cccc(C)c2)sc2cc(C)ccc21. The number of amides is 1. The topological polar surface area (TPSA) is 43.6 Å². The molecule has 1 amide bonds. The van der Waals surface area contributed by atoms with Gasteiger partial charge in [-0.2, -0.15) is 4.99 Å². The van der Waals surface area contributed by atoms with E-state index in [1.165, 1.54) is 5.56 Å². The summed E-state index contributed by atoms with van der Waals surface area (Å²) in [5.41, 5.74) is 3.95. The van der Waals surface area contributed by atoms with Crippen molar-refractivity contribution in [1.82, 2.24) is 4.57 Å². The molecule has 3 rings (SSSR count). The number of aromatic nitrogens is 1. The van der Waals surface area contributed by atoms with E-state index in [1.54, 1.807) is 17.4 Å². The van der Waals surface area contributed by atoms with E-state index in [4.69, 9.17) is 4.74 Å². The molecule has 3 aromatic rings. The van der Waals surface area contributed by atoms with E-state index in [-0.39, 0.29) is 5.91 Å². The fraction of sp³-hybridized carbons (Fsp3) is 0.300. The number of rotatable bonds is 5. The van der Waals surface area contributed by atoms with E-state index >= 15 is 0 Å². The highest BCUT2D eigenvalue weighted by molar-refractivity contribution is 7.16. The maximum absolute atomic E-state index is 12.6. The third kappa shape index (κ3) is 4.06. The van der Waals surface area contributed by atoms with Gasteiger partial charge in [0.15, 0.2) is 4.80 Å². The number of nitrogens with zero attached hydrogens (tertiary/aromatic N) is 2. The van der Waals surface area contributed by atoms with Crippen LogP contribution < -0.4 is 4.80 Å². The van der Waals surface area contributed by atoms with Crippen LogP contribution >= 0.6 is 11.3 Å². The third-order valence-electron chi connectivity index (χ3n) is 3.96. The van der Waals surface area contributed by atoms with Crippen LogP contribution in [0.4, 0.5) is 0 Å². The predicted molar refractivity (Wildman–Crippen MR) is 102 cm³/mol. The summed E-state index contributed by atoms with van der Waals surface area (Å²) in [6.07, 6.45) is 0. The number of ether oxygens (including phenoxy) is 1. The summed E-state index contributed by atoms with van der Waals surface area (Å²) in [5, 5.41) is 0. The molecule has 0 bridgehead atoms. The number of hydrogen-bond acceptors (Lipinski definition) is 3. The van der Waals surface area contributed by atoms with Crippen LogP contribution in [0.15, 0.2) is 47.5 Å². The average molecular weight is 354 g/mol. The molecule has 25 heavy (non-hydrogen) atoms. The van der Waals surface area contributed by atoms with Crippen LogP contribution in [0.2, 0.25) is 0 Å². The van der Waals surface area contributed by atoms with Crippen molar-refractivity contribution in [3.63, 3.8) is 0 Å². The van der Waals surface area contributed by atoms with E-state index in [1.807, 2.05) is 32.0 Å². The highest BCUT2D eigenvalue weighted by atomic mass is 32.1. The first kappa shape index (κ1) is 17.6. The highest BCUT2D eigenvalue weighted by Gasteiger charge is 2.09. The van der Waals surface area contributed by atoms with Gasteiger partial charge in [0.2, 0.25) is 0 Å². The zero-order valence-electron chi connectivity index (χ0n) is 14.8. The van der Waals surface area contributed by atoms with Crippen molar-refractivity contribution in [1.29, 1.82) is 0 Å².